The number of aliphatic carboxylic acids is 1. The molecule has 0 aliphatic heterocycles. The molecule has 0 saturated heterocycles. The summed E-state index contributed by atoms with van der Waals surface area (Å²) in [6.45, 7) is -0.192. The van der Waals surface area contributed by atoms with E-state index in [1.165, 1.54) is 37.4 Å². The lowest BCUT2D eigenvalue weighted by Gasteiger charge is -2.13. The third-order valence-corrected chi connectivity index (χ3v) is 4.74. The lowest BCUT2D eigenvalue weighted by molar-refractivity contribution is -0.192. The zero-order valence-electron chi connectivity index (χ0n) is 18.4. The largest absolute Gasteiger partial charge is 0.497 e. The minimum absolute atomic E-state index is 0.00650. The summed E-state index contributed by atoms with van der Waals surface area (Å²) in [5.41, 5.74) is 5.70. The number of rotatable bonds is 6. The molecule has 0 atom stereocenters. The number of amides is 1. The number of benzene rings is 2. The predicted molar refractivity (Wildman–Crippen MR) is 122 cm³/mol. The second-order valence-electron chi connectivity index (χ2n) is 6.73. The highest BCUT2D eigenvalue weighted by Gasteiger charge is 2.38. The molecule has 1 aromatic heterocycles. The number of aromatic nitrogens is 2. The Hall–Kier alpha value is -4.22. The number of halogens is 6. The quantitative estimate of drug-likeness (QED) is 0.314. The molecule has 196 valence electrons. The van der Waals surface area contributed by atoms with E-state index in [4.69, 9.17) is 53.6 Å². The van der Waals surface area contributed by atoms with Crippen LogP contribution in [-0.4, -0.2) is 40.2 Å². The fraction of sp³-hybridized carbons (Fsp3) is 0.143. The summed E-state index contributed by atoms with van der Waals surface area (Å²) in [7, 11) is 1.43. The van der Waals surface area contributed by atoms with Crippen LogP contribution in [0.15, 0.2) is 30.3 Å². The highest BCUT2D eigenvalue weighted by Crippen LogP contribution is 2.35. The van der Waals surface area contributed by atoms with E-state index in [2.05, 4.69) is 15.3 Å². The van der Waals surface area contributed by atoms with Crippen LogP contribution in [0.4, 0.5) is 23.5 Å². The molecule has 3 rings (SSSR count). The molecule has 16 heteroatoms. The Morgan fingerprint density at radius 2 is 1.86 bits per heavy atom. The number of carbonyl (C=O) groups excluding carboxylic acids is 1. The van der Waals surface area contributed by atoms with Gasteiger partial charge in [0.1, 0.15) is 16.7 Å². The molecule has 10 nitrogen and oxygen atoms in total. The Morgan fingerprint density at radius 1 is 1.24 bits per heavy atom. The van der Waals surface area contributed by atoms with E-state index in [0.29, 0.717) is 5.75 Å². The van der Waals surface area contributed by atoms with E-state index >= 15 is 0 Å². The van der Waals surface area contributed by atoms with Gasteiger partial charge in [-0.2, -0.15) is 18.4 Å². The number of hydrogen-bond acceptors (Lipinski definition) is 7. The molecular weight excluding hydrogens is 549 g/mol. The number of nitrogens with one attached hydrogen (secondary N) is 2. The molecule has 0 aliphatic rings. The minimum Gasteiger partial charge on any atom is -0.497 e. The summed E-state index contributed by atoms with van der Waals surface area (Å²) in [5, 5.41) is 18.7. The van der Waals surface area contributed by atoms with Gasteiger partial charge in [-0.1, -0.05) is 29.3 Å². The van der Waals surface area contributed by atoms with E-state index in [9.17, 15) is 22.4 Å². The number of alkyl halides is 3. The smallest absolute Gasteiger partial charge is 0.490 e. The van der Waals surface area contributed by atoms with Crippen molar-refractivity contribution >= 4 is 41.0 Å². The monoisotopic (exact) mass is 563 g/mol. The number of methoxy groups -OCH3 is 1. The molecule has 0 unspecified atom stereocenters. The SMILES string of the molecule is COc1cc(C#N)cc(Oc2c(Cl)ccc(CNC(=O)c3nc(N)[nH]c3Cl)c2F)c1.O=C(O)C(F)(F)F. The van der Waals surface area contributed by atoms with Crippen molar-refractivity contribution in [3.63, 3.8) is 0 Å². The second-order valence-corrected chi connectivity index (χ2v) is 7.52. The van der Waals surface area contributed by atoms with Crippen molar-refractivity contribution in [2.24, 2.45) is 0 Å². The normalized spacial score (nSPS) is 10.5. The van der Waals surface area contributed by atoms with Crippen molar-refractivity contribution in [3.05, 3.63) is 63.1 Å². The van der Waals surface area contributed by atoms with Crippen LogP contribution in [0.25, 0.3) is 0 Å². The highest BCUT2D eigenvalue weighted by atomic mass is 35.5. The van der Waals surface area contributed by atoms with Crippen molar-refractivity contribution in [2.45, 2.75) is 12.7 Å². The number of ether oxygens (including phenoxy) is 2. The van der Waals surface area contributed by atoms with Gasteiger partial charge in [0.2, 0.25) is 0 Å². The molecule has 0 fully saturated rings. The molecule has 0 saturated carbocycles. The molecule has 0 aliphatic carbocycles. The van der Waals surface area contributed by atoms with Gasteiger partial charge in [-0.25, -0.2) is 14.2 Å². The molecule has 2 aromatic carbocycles. The molecule has 37 heavy (non-hydrogen) atoms. The average Bonchev–Trinajstić information content (AvgIpc) is 3.18. The molecule has 5 N–H and O–H groups in total. The van der Waals surface area contributed by atoms with Crippen molar-refractivity contribution in [3.8, 4) is 23.3 Å². The van der Waals surface area contributed by atoms with Gasteiger partial charge in [0.05, 0.1) is 23.8 Å². The van der Waals surface area contributed by atoms with Crippen LogP contribution in [0.1, 0.15) is 21.6 Å². The summed E-state index contributed by atoms with van der Waals surface area (Å²) in [4.78, 5) is 27.3. The number of hydrogen-bond donors (Lipinski definition) is 4. The number of carboxylic acid groups (broad SMARTS) is 1. The third kappa shape index (κ3) is 7.89. The molecule has 1 amide bonds. The number of imidazole rings is 1. The number of nitrogen functional groups attached to an aromatic ring is 1. The van der Waals surface area contributed by atoms with Gasteiger partial charge >= 0.3 is 12.1 Å². The molecule has 3 aromatic rings. The van der Waals surface area contributed by atoms with Crippen LogP contribution in [-0.2, 0) is 11.3 Å². The fourth-order valence-electron chi connectivity index (χ4n) is 2.51. The maximum absolute atomic E-state index is 15.0. The first-order chi connectivity index (χ1) is 17.3. The van der Waals surface area contributed by atoms with E-state index < -0.39 is 23.9 Å². The zero-order valence-corrected chi connectivity index (χ0v) is 19.9. The van der Waals surface area contributed by atoms with E-state index in [1.807, 2.05) is 6.07 Å². The number of nitrogens with zero attached hydrogens (tertiary/aromatic N) is 2. The van der Waals surface area contributed by atoms with Gasteiger partial charge in [0, 0.05) is 18.2 Å². The Balaban J connectivity index is 0.000000604. The molecule has 1 heterocycles. The lowest BCUT2D eigenvalue weighted by Crippen LogP contribution is -2.24. The number of carboxylic acids is 1. The van der Waals surface area contributed by atoms with E-state index in [1.54, 1.807) is 0 Å². The van der Waals surface area contributed by atoms with Gasteiger partial charge in [-0.05, 0) is 18.2 Å². The first-order valence-electron chi connectivity index (χ1n) is 9.60. The lowest BCUT2D eigenvalue weighted by atomic mass is 10.2. The fourth-order valence-corrected chi connectivity index (χ4v) is 2.92. The summed E-state index contributed by atoms with van der Waals surface area (Å²) >= 11 is 11.9. The predicted octanol–water partition coefficient (Wildman–Crippen LogP) is 4.67. The van der Waals surface area contributed by atoms with Crippen molar-refractivity contribution in [1.29, 1.82) is 5.26 Å². The summed E-state index contributed by atoms with van der Waals surface area (Å²) in [6, 6.07) is 9.18. The number of H-pyrrole nitrogens is 1. The maximum atomic E-state index is 15.0. The van der Waals surface area contributed by atoms with Crippen LogP contribution < -0.4 is 20.5 Å². The summed E-state index contributed by atoms with van der Waals surface area (Å²) in [5.74, 6) is -3.94. The Morgan fingerprint density at radius 3 is 2.38 bits per heavy atom. The maximum Gasteiger partial charge on any atom is 0.490 e. The van der Waals surface area contributed by atoms with E-state index in [0.717, 1.165) is 0 Å². The topological polar surface area (TPSA) is 163 Å². The number of nitriles is 1. The van der Waals surface area contributed by atoms with Gasteiger partial charge in [0.25, 0.3) is 5.91 Å². The highest BCUT2D eigenvalue weighted by molar-refractivity contribution is 6.32. The van der Waals surface area contributed by atoms with Gasteiger partial charge in [0.15, 0.2) is 23.2 Å². The van der Waals surface area contributed by atoms with Gasteiger partial charge in [-0.3, -0.25) is 4.79 Å². The van der Waals surface area contributed by atoms with Crippen molar-refractivity contribution in [1.82, 2.24) is 15.3 Å². The molecule has 0 bridgehead atoms. The first-order valence-corrected chi connectivity index (χ1v) is 10.4. The Bertz CT molecular complexity index is 1360. The van der Waals surface area contributed by atoms with Crippen LogP contribution in [0.2, 0.25) is 10.2 Å². The first kappa shape index (κ1) is 29.0. The third-order valence-electron chi connectivity index (χ3n) is 4.17. The molecular formula is C21H15Cl2F4N5O5. The zero-order chi connectivity index (χ0) is 27.9. The number of aromatic amines is 1. The van der Waals surface area contributed by atoms with Crippen molar-refractivity contribution < 1.29 is 41.7 Å². The number of carbonyl (C=O) groups is 2. The standard InChI is InChI=1S/C19H14Cl2FN5O3.C2HF3O2/c1-29-11-4-9(7-23)5-12(6-11)30-16-13(20)3-2-10(14(16)22)8-25-18(28)15-17(21)27-19(24)26-15;3-2(4,5)1(6)7/h2-6H,8H2,1H3,(H,25,28)(H3,24,26,27);(H,6,7). The Labute approximate surface area is 215 Å². The molecule has 0 radical (unpaired) electrons. The summed E-state index contributed by atoms with van der Waals surface area (Å²) in [6.07, 6.45) is -5.08. The number of nitrogens with two attached hydrogens (primary N) is 1. The van der Waals surface area contributed by atoms with Crippen LogP contribution in [0.3, 0.4) is 0 Å². The Kier molecular flexibility index (Phi) is 9.53. The average molecular weight is 564 g/mol. The van der Waals surface area contributed by atoms with Crippen LogP contribution >= 0.6 is 23.2 Å². The van der Waals surface area contributed by atoms with Crippen LogP contribution in [0.5, 0.6) is 17.2 Å². The number of anilines is 1. The minimum atomic E-state index is -5.08. The summed E-state index contributed by atoms with van der Waals surface area (Å²) < 4.78 is 57.4. The molecule has 0 spiro atoms. The van der Waals surface area contributed by atoms with E-state index in [-0.39, 0.29) is 51.0 Å². The van der Waals surface area contributed by atoms with Crippen molar-refractivity contribution in [2.75, 3.05) is 12.8 Å². The van der Waals surface area contributed by atoms with Gasteiger partial charge in [-0.15, -0.1) is 0 Å². The second kappa shape index (κ2) is 12.2. The van der Waals surface area contributed by atoms with Crippen LogP contribution in [0, 0.1) is 17.1 Å². The van der Waals surface area contributed by atoms with Gasteiger partial charge < -0.3 is 30.6 Å².